The van der Waals surface area contributed by atoms with Gasteiger partial charge in [-0.15, -0.1) is 0 Å². The van der Waals surface area contributed by atoms with Crippen molar-refractivity contribution in [1.29, 1.82) is 0 Å². The number of aromatic carboxylic acids is 1. The van der Waals surface area contributed by atoms with E-state index in [9.17, 15) is 4.79 Å². The number of hydrogen-bond acceptors (Lipinski definition) is 4. The second-order valence-electron chi connectivity index (χ2n) is 6.01. The fourth-order valence-electron chi connectivity index (χ4n) is 3.05. The van der Waals surface area contributed by atoms with Crippen molar-refractivity contribution >= 4 is 5.97 Å². The van der Waals surface area contributed by atoms with Crippen molar-refractivity contribution < 1.29 is 9.90 Å². The van der Waals surface area contributed by atoms with Crippen LogP contribution in [0.15, 0.2) is 36.7 Å². The predicted octanol–water partition coefficient (Wildman–Crippen LogP) is 2.73. The third kappa shape index (κ3) is 3.74. The molecule has 1 aliphatic rings. The van der Waals surface area contributed by atoms with Crippen LogP contribution in [-0.2, 0) is 13.0 Å². The number of benzene rings is 1. The van der Waals surface area contributed by atoms with E-state index in [2.05, 4.69) is 46.1 Å². The smallest absolute Gasteiger partial charge is 0.356 e. The molecular weight excluding hydrogens is 290 g/mol. The van der Waals surface area contributed by atoms with Crippen LogP contribution >= 0.6 is 0 Å². The molecule has 2 heterocycles. The highest BCUT2D eigenvalue weighted by atomic mass is 16.4. The fraction of sp³-hybridized carbons (Fsp3) is 0.389. The van der Waals surface area contributed by atoms with E-state index in [0.29, 0.717) is 5.92 Å². The molecule has 1 fully saturated rings. The number of carbonyl (C=O) groups is 1. The van der Waals surface area contributed by atoms with Gasteiger partial charge in [0, 0.05) is 13.1 Å². The second-order valence-corrected chi connectivity index (χ2v) is 6.01. The average Bonchev–Trinajstić information content (AvgIpc) is 3.04. The van der Waals surface area contributed by atoms with Gasteiger partial charge < -0.3 is 5.11 Å². The molecule has 0 bridgehead atoms. The molecule has 23 heavy (non-hydrogen) atoms. The van der Waals surface area contributed by atoms with E-state index in [1.807, 2.05) is 0 Å². The fourth-order valence-corrected chi connectivity index (χ4v) is 3.05. The van der Waals surface area contributed by atoms with Gasteiger partial charge in [0.2, 0.25) is 0 Å². The van der Waals surface area contributed by atoms with E-state index in [1.54, 1.807) is 6.20 Å². The van der Waals surface area contributed by atoms with Crippen LogP contribution in [0, 0.1) is 0 Å². The van der Waals surface area contributed by atoms with Gasteiger partial charge in [0.15, 0.2) is 5.69 Å². The number of rotatable bonds is 5. The summed E-state index contributed by atoms with van der Waals surface area (Å²) in [4.78, 5) is 21.3. The van der Waals surface area contributed by atoms with Crippen molar-refractivity contribution in [3.8, 4) is 0 Å². The second kappa shape index (κ2) is 6.87. The lowest BCUT2D eigenvalue weighted by Crippen LogP contribution is -2.20. The lowest BCUT2D eigenvalue weighted by molar-refractivity contribution is 0.0690. The predicted molar refractivity (Wildman–Crippen MR) is 87.4 cm³/mol. The zero-order valence-electron chi connectivity index (χ0n) is 13.3. The van der Waals surface area contributed by atoms with Gasteiger partial charge in [0.1, 0.15) is 0 Å². The van der Waals surface area contributed by atoms with Gasteiger partial charge in [-0.25, -0.2) is 9.78 Å². The maximum Gasteiger partial charge on any atom is 0.356 e. The average molecular weight is 311 g/mol. The van der Waals surface area contributed by atoms with Crippen LogP contribution in [-0.4, -0.2) is 39.0 Å². The Morgan fingerprint density at radius 3 is 2.65 bits per heavy atom. The molecule has 0 amide bonds. The minimum Gasteiger partial charge on any atom is -0.476 e. The third-order valence-electron chi connectivity index (χ3n) is 4.44. The van der Waals surface area contributed by atoms with Crippen LogP contribution in [0.2, 0.25) is 0 Å². The molecule has 5 nitrogen and oxygen atoms in total. The normalized spacial score (nSPS) is 18.2. The van der Waals surface area contributed by atoms with Crippen LogP contribution in [0.1, 0.15) is 46.6 Å². The molecule has 1 aromatic heterocycles. The lowest BCUT2D eigenvalue weighted by atomic mass is 9.97. The van der Waals surface area contributed by atoms with Crippen molar-refractivity contribution in [2.45, 2.75) is 32.2 Å². The molecule has 0 spiro atoms. The highest BCUT2D eigenvalue weighted by Crippen LogP contribution is 2.28. The molecule has 120 valence electrons. The molecule has 1 N–H and O–H groups in total. The molecule has 5 heteroatoms. The van der Waals surface area contributed by atoms with Gasteiger partial charge in [0.25, 0.3) is 0 Å². The Morgan fingerprint density at radius 2 is 2.04 bits per heavy atom. The summed E-state index contributed by atoms with van der Waals surface area (Å²) in [5, 5.41) is 8.85. The van der Waals surface area contributed by atoms with E-state index < -0.39 is 5.97 Å². The third-order valence-corrected chi connectivity index (χ3v) is 4.44. The first-order valence-corrected chi connectivity index (χ1v) is 8.01. The number of likely N-dealkylation sites (tertiary alicyclic amines) is 1. The molecule has 1 aliphatic heterocycles. The van der Waals surface area contributed by atoms with Crippen molar-refractivity contribution in [3.05, 3.63) is 59.2 Å². The molecule has 2 aromatic rings. The molecule has 1 aromatic carbocycles. The van der Waals surface area contributed by atoms with Crippen LogP contribution in [0.5, 0.6) is 0 Å². The zero-order chi connectivity index (χ0) is 16.2. The van der Waals surface area contributed by atoms with Crippen molar-refractivity contribution in [3.63, 3.8) is 0 Å². The number of aryl methyl sites for hydroxylation is 1. The lowest BCUT2D eigenvalue weighted by Gasteiger charge is -2.15. The summed E-state index contributed by atoms with van der Waals surface area (Å²) < 4.78 is 0. The molecular formula is C18H21N3O2. The van der Waals surface area contributed by atoms with E-state index in [0.717, 1.165) is 38.2 Å². The van der Waals surface area contributed by atoms with Gasteiger partial charge in [-0.1, -0.05) is 31.2 Å². The van der Waals surface area contributed by atoms with Crippen LogP contribution in [0.3, 0.4) is 0 Å². The summed E-state index contributed by atoms with van der Waals surface area (Å²) in [6, 6.07) is 8.92. The van der Waals surface area contributed by atoms with Crippen LogP contribution < -0.4 is 0 Å². The first-order valence-electron chi connectivity index (χ1n) is 8.01. The summed E-state index contributed by atoms with van der Waals surface area (Å²) in [5.41, 5.74) is 3.58. The first kappa shape index (κ1) is 15.6. The Hall–Kier alpha value is -2.27. The van der Waals surface area contributed by atoms with Gasteiger partial charge in [-0.05, 0) is 36.4 Å². The summed E-state index contributed by atoms with van der Waals surface area (Å²) in [6.45, 7) is 4.93. The number of carboxylic acids is 1. The Bertz CT molecular complexity index is 668. The van der Waals surface area contributed by atoms with Gasteiger partial charge in [-0.2, -0.15) is 0 Å². The van der Waals surface area contributed by atoms with Crippen LogP contribution in [0.25, 0.3) is 0 Å². The number of carboxylic acid groups (broad SMARTS) is 1. The zero-order valence-corrected chi connectivity index (χ0v) is 13.3. The van der Waals surface area contributed by atoms with E-state index in [4.69, 9.17) is 5.11 Å². The summed E-state index contributed by atoms with van der Waals surface area (Å²) in [7, 11) is 0. The maximum atomic E-state index is 10.8. The van der Waals surface area contributed by atoms with Crippen molar-refractivity contribution in [2.24, 2.45) is 0 Å². The number of nitrogens with zero attached hydrogens (tertiary/aromatic N) is 3. The highest BCUT2D eigenvalue weighted by molar-refractivity contribution is 5.84. The summed E-state index contributed by atoms with van der Waals surface area (Å²) in [6.07, 6.45) is 5.11. The summed E-state index contributed by atoms with van der Waals surface area (Å²) >= 11 is 0. The van der Waals surface area contributed by atoms with Gasteiger partial charge in [0.05, 0.1) is 18.1 Å². The Labute approximate surface area is 136 Å². The highest BCUT2D eigenvalue weighted by Gasteiger charge is 2.24. The van der Waals surface area contributed by atoms with E-state index in [1.165, 1.54) is 17.3 Å². The molecule has 1 atom stereocenters. The van der Waals surface area contributed by atoms with Gasteiger partial charge >= 0.3 is 5.97 Å². The van der Waals surface area contributed by atoms with Crippen molar-refractivity contribution in [2.75, 3.05) is 13.1 Å². The Balaban J connectivity index is 1.59. The minimum atomic E-state index is -1.04. The largest absolute Gasteiger partial charge is 0.476 e. The molecule has 0 radical (unpaired) electrons. The topological polar surface area (TPSA) is 66.3 Å². The maximum absolute atomic E-state index is 10.8. The molecule has 1 saturated heterocycles. The summed E-state index contributed by atoms with van der Waals surface area (Å²) in [5.74, 6) is -0.479. The quantitative estimate of drug-likeness (QED) is 0.919. The molecule has 0 aliphatic carbocycles. The SMILES string of the molecule is CCc1ccc(C2CCN(Cc3cnc(C(=O)O)cn3)C2)cc1. The first-order chi connectivity index (χ1) is 11.2. The minimum absolute atomic E-state index is 0.0101. The molecule has 0 saturated carbocycles. The molecule has 1 unspecified atom stereocenters. The Kier molecular flexibility index (Phi) is 4.67. The van der Waals surface area contributed by atoms with Crippen LogP contribution in [0.4, 0.5) is 0 Å². The van der Waals surface area contributed by atoms with Crippen molar-refractivity contribution in [1.82, 2.24) is 14.9 Å². The standard InChI is InChI=1S/C18H21N3O2/c1-2-13-3-5-14(6-4-13)15-7-8-21(11-15)12-16-9-20-17(10-19-16)18(22)23/h3-6,9-10,15H,2,7-8,11-12H2,1H3,(H,22,23). The Morgan fingerprint density at radius 1 is 1.26 bits per heavy atom. The number of aromatic nitrogens is 2. The van der Waals surface area contributed by atoms with E-state index >= 15 is 0 Å². The number of hydrogen-bond donors (Lipinski definition) is 1. The molecule has 3 rings (SSSR count). The van der Waals surface area contributed by atoms with Gasteiger partial charge in [-0.3, -0.25) is 9.88 Å². The monoisotopic (exact) mass is 311 g/mol. The van der Waals surface area contributed by atoms with E-state index in [-0.39, 0.29) is 5.69 Å².